The zero-order valence-corrected chi connectivity index (χ0v) is 6.93. The third-order valence-corrected chi connectivity index (χ3v) is 1.72. The lowest BCUT2D eigenvalue weighted by Crippen LogP contribution is -1.84. The Kier molecular flexibility index (Phi) is 2.60. The highest BCUT2D eigenvalue weighted by atomic mass is 35.5. The number of hydrogen-bond acceptors (Lipinski definition) is 2. The summed E-state index contributed by atoms with van der Waals surface area (Å²) in [6.45, 7) is 0. The van der Waals surface area contributed by atoms with Crippen LogP contribution in [0.3, 0.4) is 0 Å². The van der Waals surface area contributed by atoms with E-state index < -0.39 is 0 Å². The minimum atomic E-state index is 0.180. The average Bonchev–Trinajstić information content (AvgIpc) is 2.04. The summed E-state index contributed by atoms with van der Waals surface area (Å²) in [7, 11) is 1.55. The molecule has 0 aliphatic heterocycles. The van der Waals surface area contributed by atoms with Crippen molar-refractivity contribution in [1.82, 2.24) is 0 Å². The molecular weight excluding hydrogens is 164 g/mol. The fourth-order valence-corrected chi connectivity index (χ4v) is 1.01. The van der Waals surface area contributed by atoms with Crippen molar-refractivity contribution in [3.8, 4) is 11.5 Å². The first-order valence-corrected chi connectivity index (χ1v) is 3.73. The van der Waals surface area contributed by atoms with Gasteiger partial charge in [-0.25, -0.2) is 0 Å². The second kappa shape index (κ2) is 3.49. The van der Waals surface area contributed by atoms with Gasteiger partial charge in [-0.05, 0) is 6.07 Å². The first-order chi connectivity index (χ1) is 5.27. The van der Waals surface area contributed by atoms with Crippen molar-refractivity contribution in [3.05, 3.63) is 23.8 Å². The molecule has 0 bridgehead atoms. The molecule has 1 aromatic carbocycles. The van der Waals surface area contributed by atoms with E-state index in [-0.39, 0.29) is 5.75 Å². The van der Waals surface area contributed by atoms with Crippen LogP contribution in [0.25, 0.3) is 0 Å². The maximum Gasteiger partial charge on any atom is 0.123 e. The molecule has 0 heterocycles. The lowest BCUT2D eigenvalue weighted by Gasteiger charge is -2.02. The van der Waals surface area contributed by atoms with Crippen LogP contribution < -0.4 is 4.74 Å². The van der Waals surface area contributed by atoms with Gasteiger partial charge in [0.25, 0.3) is 0 Å². The van der Waals surface area contributed by atoms with Crippen LogP contribution in [-0.4, -0.2) is 12.2 Å². The number of benzene rings is 1. The third kappa shape index (κ3) is 1.77. The Bertz CT molecular complexity index is 248. The predicted octanol–water partition coefficient (Wildman–Crippen LogP) is 2.14. The second-order valence-corrected chi connectivity index (χ2v) is 2.40. The standard InChI is InChI=1S/C8H9ClO2/c1-11-7-3-2-6(5-9)8(10)4-7/h2-4,10H,5H2,1H3. The number of hydrogen-bond donors (Lipinski definition) is 1. The van der Waals surface area contributed by atoms with Gasteiger partial charge in [0, 0.05) is 11.6 Å². The lowest BCUT2D eigenvalue weighted by atomic mass is 10.2. The van der Waals surface area contributed by atoms with Crippen LogP contribution in [0.2, 0.25) is 0 Å². The minimum absolute atomic E-state index is 0.180. The number of rotatable bonds is 2. The van der Waals surface area contributed by atoms with Crippen LogP contribution in [-0.2, 0) is 5.88 Å². The summed E-state index contributed by atoms with van der Waals surface area (Å²) < 4.78 is 4.89. The smallest absolute Gasteiger partial charge is 0.123 e. The molecule has 0 spiro atoms. The van der Waals surface area contributed by atoms with Gasteiger partial charge in [0.15, 0.2) is 0 Å². The van der Waals surface area contributed by atoms with Crippen molar-refractivity contribution in [1.29, 1.82) is 0 Å². The van der Waals surface area contributed by atoms with Crippen LogP contribution in [0, 0.1) is 0 Å². The summed E-state index contributed by atoms with van der Waals surface area (Å²) in [5, 5.41) is 9.26. The van der Waals surface area contributed by atoms with E-state index in [0.717, 1.165) is 0 Å². The normalized spacial score (nSPS) is 9.64. The van der Waals surface area contributed by atoms with E-state index in [9.17, 15) is 5.11 Å². The molecule has 0 saturated heterocycles. The first-order valence-electron chi connectivity index (χ1n) is 3.19. The molecular formula is C8H9ClO2. The molecule has 0 aliphatic rings. The summed E-state index contributed by atoms with van der Waals surface area (Å²) in [6, 6.07) is 5.04. The number of methoxy groups -OCH3 is 1. The summed E-state index contributed by atoms with van der Waals surface area (Å²) in [5.41, 5.74) is 0.715. The Balaban J connectivity index is 2.99. The van der Waals surface area contributed by atoms with E-state index >= 15 is 0 Å². The highest BCUT2D eigenvalue weighted by Gasteiger charge is 2.00. The molecule has 0 fully saturated rings. The summed E-state index contributed by atoms with van der Waals surface area (Å²) in [5.74, 6) is 1.13. The quantitative estimate of drug-likeness (QED) is 0.693. The monoisotopic (exact) mass is 172 g/mol. The van der Waals surface area contributed by atoms with E-state index in [1.54, 1.807) is 19.2 Å². The van der Waals surface area contributed by atoms with Gasteiger partial charge in [0.1, 0.15) is 11.5 Å². The van der Waals surface area contributed by atoms with Crippen molar-refractivity contribution in [3.63, 3.8) is 0 Å². The van der Waals surface area contributed by atoms with Gasteiger partial charge in [-0.3, -0.25) is 0 Å². The van der Waals surface area contributed by atoms with Crippen LogP contribution in [0.5, 0.6) is 11.5 Å². The number of aromatic hydroxyl groups is 1. The lowest BCUT2D eigenvalue weighted by molar-refractivity contribution is 0.407. The Morgan fingerprint density at radius 3 is 2.73 bits per heavy atom. The van der Waals surface area contributed by atoms with E-state index in [4.69, 9.17) is 16.3 Å². The van der Waals surface area contributed by atoms with Crippen molar-refractivity contribution >= 4 is 11.6 Å². The van der Waals surface area contributed by atoms with E-state index in [1.165, 1.54) is 6.07 Å². The molecule has 11 heavy (non-hydrogen) atoms. The van der Waals surface area contributed by atoms with Crippen LogP contribution >= 0.6 is 11.6 Å². The SMILES string of the molecule is COc1ccc(CCl)c(O)c1. The minimum Gasteiger partial charge on any atom is -0.507 e. The van der Waals surface area contributed by atoms with Crippen molar-refractivity contribution < 1.29 is 9.84 Å². The Morgan fingerprint density at radius 2 is 2.27 bits per heavy atom. The molecule has 0 saturated carbocycles. The molecule has 1 aromatic rings. The van der Waals surface area contributed by atoms with Crippen LogP contribution in [0.15, 0.2) is 18.2 Å². The van der Waals surface area contributed by atoms with Gasteiger partial charge in [0.2, 0.25) is 0 Å². The van der Waals surface area contributed by atoms with Crippen molar-refractivity contribution in [2.45, 2.75) is 5.88 Å². The average molecular weight is 173 g/mol. The van der Waals surface area contributed by atoms with Gasteiger partial charge in [0.05, 0.1) is 13.0 Å². The molecule has 1 N–H and O–H groups in total. The third-order valence-electron chi connectivity index (χ3n) is 1.44. The highest BCUT2D eigenvalue weighted by Crippen LogP contribution is 2.24. The Hall–Kier alpha value is -0.890. The largest absolute Gasteiger partial charge is 0.507 e. The number of ether oxygens (including phenoxy) is 1. The van der Waals surface area contributed by atoms with E-state index in [1.807, 2.05) is 0 Å². The fourth-order valence-electron chi connectivity index (χ4n) is 0.784. The number of phenolic OH excluding ortho intramolecular Hbond substituents is 1. The molecule has 0 amide bonds. The summed E-state index contributed by atoms with van der Waals surface area (Å²) >= 11 is 5.53. The Labute approximate surface area is 70.4 Å². The highest BCUT2D eigenvalue weighted by molar-refractivity contribution is 6.17. The maximum atomic E-state index is 9.26. The molecule has 2 nitrogen and oxygen atoms in total. The molecule has 0 unspecified atom stereocenters. The molecule has 0 radical (unpaired) electrons. The molecule has 0 atom stereocenters. The van der Waals surface area contributed by atoms with Crippen molar-refractivity contribution in [2.75, 3.05) is 7.11 Å². The zero-order valence-electron chi connectivity index (χ0n) is 6.17. The maximum absolute atomic E-state index is 9.26. The van der Waals surface area contributed by atoms with Gasteiger partial charge in [-0.15, -0.1) is 11.6 Å². The van der Waals surface area contributed by atoms with E-state index in [2.05, 4.69) is 0 Å². The number of alkyl halides is 1. The number of phenols is 1. The van der Waals surface area contributed by atoms with Gasteiger partial charge in [-0.1, -0.05) is 6.07 Å². The van der Waals surface area contributed by atoms with Gasteiger partial charge >= 0.3 is 0 Å². The molecule has 0 aromatic heterocycles. The molecule has 0 aliphatic carbocycles. The Morgan fingerprint density at radius 1 is 1.55 bits per heavy atom. The predicted molar refractivity (Wildman–Crippen MR) is 44.2 cm³/mol. The first kappa shape index (κ1) is 8.21. The summed E-state index contributed by atoms with van der Waals surface area (Å²) in [4.78, 5) is 0. The second-order valence-electron chi connectivity index (χ2n) is 2.13. The summed E-state index contributed by atoms with van der Waals surface area (Å²) in [6.07, 6.45) is 0. The van der Waals surface area contributed by atoms with E-state index in [0.29, 0.717) is 17.2 Å². The fraction of sp³-hybridized carbons (Fsp3) is 0.250. The van der Waals surface area contributed by atoms with Gasteiger partial charge < -0.3 is 9.84 Å². The van der Waals surface area contributed by atoms with Crippen LogP contribution in [0.4, 0.5) is 0 Å². The van der Waals surface area contributed by atoms with Gasteiger partial charge in [-0.2, -0.15) is 0 Å². The molecule has 3 heteroatoms. The molecule has 60 valence electrons. The molecule has 1 rings (SSSR count). The van der Waals surface area contributed by atoms with Crippen molar-refractivity contribution in [2.24, 2.45) is 0 Å². The number of halogens is 1. The topological polar surface area (TPSA) is 29.5 Å². The van der Waals surface area contributed by atoms with Crippen LogP contribution in [0.1, 0.15) is 5.56 Å². The zero-order chi connectivity index (χ0) is 8.27.